The molecule has 0 aromatic heterocycles. The van der Waals surface area contributed by atoms with E-state index in [1.165, 1.54) is 0 Å². The molecule has 2 aromatic carbocycles. The first-order chi connectivity index (χ1) is 7.74. The summed E-state index contributed by atoms with van der Waals surface area (Å²) in [7, 11) is 0. The second-order valence-electron chi connectivity index (χ2n) is 3.38. The molecule has 0 saturated carbocycles. The minimum atomic E-state index is 0.579. The summed E-state index contributed by atoms with van der Waals surface area (Å²) in [6.07, 6.45) is 0. The maximum Gasteiger partial charge on any atom is 0.120 e. The van der Waals surface area contributed by atoms with Gasteiger partial charge in [0.05, 0.1) is 0 Å². The summed E-state index contributed by atoms with van der Waals surface area (Å²) in [6.45, 7) is 0.579. The van der Waals surface area contributed by atoms with Crippen LogP contribution in [0.3, 0.4) is 0 Å². The second kappa shape index (κ2) is 5.51. The third-order valence-corrected chi connectivity index (χ3v) is 3.08. The van der Waals surface area contributed by atoms with Crippen LogP contribution in [0.2, 0.25) is 0 Å². The molecule has 0 aliphatic heterocycles. The molecular formula is C13H10Br2O. The van der Waals surface area contributed by atoms with Gasteiger partial charge in [0, 0.05) is 8.95 Å². The monoisotopic (exact) mass is 340 g/mol. The van der Waals surface area contributed by atoms with E-state index in [0.29, 0.717) is 6.61 Å². The first-order valence-corrected chi connectivity index (χ1v) is 6.45. The Morgan fingerprint density at radius 3 is 2.25 bits per heavy atom. The van der Waals surface area contributed by atoms with Gasteiger partial charge in [-0.25, -0.2) is 0 Å². The molecule has 0 bridgehead atoms. The largest absolute Gasteiger partial charge is 0.489 e. The number of hydrogen-bond donors (Lipinski definition) is 0. The summed E-state index contributed by atoms with van der Waals surface area (Å²) in [5.41, 5.74) is 1.15. The Morgan fingerprint density at radius 1 is 0.875 bits per heavy atom. The fraction of sp³-hybridized carbons (Fsp3) is 0.0769. The smallest absolute Gasteiger partial charge is 0.120 e. The summed E-state index contributed by atoms with van der Waals surface area (Å²) >= 11 is 6.85. The van der Waals surface area contributed by atoms with Crippen LogP contribution >= 0.6 is 31.9 Å². The predicted molar refractivity (Wildman–Crippen MR) is 72.6 cm³/mol. The minimum absolute atomic E-state index is 0.579. The highest BCUT2D eigenvalue weighted by Gasteiger charge is 1.97. The van der Waals surface area contributed by atoms with E-state index in [2.05, 4.69) is 37.9 Å². The summed E-state index contributed by atoms with van der Waals surface area (Å²) in [5, 5.41) is 0. The van der Waals surface area contributed by atoms with Crippen molar-refractivity contribution in [3.05, 3.63) is 63.0 Å². The average molecular weight is 342 g/mol. The lowest BCUT2D eigenvalue weighted by atomic mass is 10.2. The molecule has 0 amide bonds. The fourth-order valence-corrected chi connectivity index (χ4v) is 2.18. The van der Waals surface area contributed by atoms with Crippen LogP contribution in [0, 0.1) is 0 Å². The summed E-state index contributed by atoms with van der Waals surface area (Å²) in [5.74, 6) is 0.870. The molecule has 2 rings (SSSR count). The van der Waals surface area contributed by atoms with Gasteiger partial charge in [-0.15, -0.1) is 0 Å². The first-order valence-electron chi connectivity index (χ1n) is 4.87. The van der Waals surface area contributed by atoms with Crippen LogP contribution in [0.4, 0.5) is 0 Å². The van der Waals surface area contributed by atoms with Gasteiger partial charge in [-0.1, -0.05) is 50.1 Å². The molecule has 0 fully saturated rings. The lowest BCUT2D eigenvalue weighted by molar-refractivity contribution is 0.306. The molecule has 0 aliphatic rings. The average Bonchev–Trinajstić information content (AvgIpc) is 2.27. The van der Waals surface area contributed by atoms with Crippen molar-refractivity contribution in [2.24, 2.45) is 0 Å². The Balaban J connectivity index is 2.02. The lowest BCUT2D eigenvalue weighted by Crippen LogP contribution is -1.94. The van der Waals surface area contributed by atoms with Gasteiger partial charge in [-0.2, -0.15) is 0 Å². The molecule has 1 nitrogen and oxygen atoms in total. The normalized spacial score (nSPS) is 10.1. The predicted octanol–water partition coefficient (Wildman–Crippen LogP) is 4.79. The standard InChI is InChI=1S/C13H10Br2O/c14-11-4-1-3-10(7-11)9-16-13-6-2-5-12(15)8-13/h1-8H,9H2. The SMILES string of the molecule is Brc1cccc(COc2cccc(Br)c2)c1. The molecule has 0 atom stereocenters. The van der Waals surface area contributed by atoms with E-state index in [-0.39, 0.29) is 0 Å². The Kier molecular flexibility index (Phi) is 4.02. The highest BCUT2D eigenvalue weighted by molar-refractivity contribution is 9.10. The van der Waals surface area contributed by atoms with Crippen molar-refractivity contribution < 1.29 is 4.74 Å². The topological polar surface area (TPSA) is 9.23 Å². The van der Waals surface area contributed by atoms with Gasteiger partial charge >= 0.3 is 0 Å². The number of halogens is 2. The molecule has 0 heterocycles. The highest BCUT2D eigenvalue weighted by atomic mass is 79.9. The Labute approximate surface area is 112 Å². The number of rotatable bonds is 3. The van der Waals surface area contributed by atoms with Crippen molar-refractivity contribution in [2.75, 3.05) is 0 Å². The molecule has 0 saturated heterocycles. The van der Waals surface area contributed by atoms with Crippen LogP contribution in [0.25, 0.3) is 0 Å². The van der Waals surface area contributed by atoms with E-state index >= 15 is 0 Å². The van der Waals surface area contributed by atoms with Gasteiger partial charge in [0.1, 0.15) is 12.4 Å². The lowest BCUT2D eigenvalue weighted by Gasteiger charge is -2.06. The van der Waals surface area contributed by atoms with E-state index in [0.717, 1.165) is 20.3 Å². The number of ether oxygens (including phenoxy) is 1. The van der Waals surface area contributed by atoms with E-state index in [4.69, 9.17) is 4.74 Å². The Bertz CT molecular complexity index is 437. The van der Waals surface area contributed by atoms with Crippen molar-refractivity contribution in [3.8, 4) is 5.75 Å². The van der Waals surface area contributed by atoms with Crippen LogP contribution < -0.4 is 4.74 Å². The van der Waals surface area contributed by atoms with Gasteiger partial charge < -0.3 is 4.74 Å². The molecule has 0 spiro atoms. The summed E-state index contributed by atoms with van der Waals surface area (Å²) in [6, 6.07) is 15.9. The molecule has 16 heavy (non-hydrogen) atoms. The van der Waals surface area contributed by atoms with Gasteiger partial charge in [0.2, 0.25) is 0 Å². The van der Waals surface area contributed by atoms with Crippen LogP contribution in [0.5, 0.6) is 5.75 Å². The van der Waals surface area contributed by atoms with E-state index in [1.54, 1.807) is 0 Å². The van der Waals surface area contributed by atoms with Crippen molar-refractivity contribution in [1.82, 2.24) is 0 Å². The maximum atomic E-state index is 5.68. The summed E-state index contributed by atoms with van der Waals surface area (Å²) < 4.78 is 7.78. The Morgan fingerprint density at radius 2 is 1.56 bits per heavy atom. The third-order valence-electron chi connectivity index (χ3n) is 2.09. The molecule has 0 unspecified atom stereocenters. The first kappa shape index (κ1) is 11.7. The fourth-order valence-electron chi connectivity index (χ4n) is 1.35. The zero-order valence-corrected chi connectivity index (χ0v) is 11.7. The van der Waals surface area contributed by atoms with Gasteiger partial charge in [-0.3, -0.25) is 0 Å². The third kappa shape index (κ3) is 3.35. The number of benzene rings is 2. The van der Waals surface area contributed by atoms with E-state index in [9.17, 15) is 0 Å². The molecule has 0 radical (unpaired) electrons. The minimum Gasteiger partial charge on any atom is -0.489 e. The quantitative estimate of drug-likeness (QED) is 0.779. The van der Waals surface area contributed by atoms with Crippen molar-refractivity contribution in [2.45, 2.75) is 6.61 Å². The maximum absolute atomic E-state index is 5.68. The number of hydrogen-bond acceptors (Lipinski definition) is 1. The van der Waals surface area contributed by atoms with Crippen molar-refractivity contribution >= 4 is 31.9 Å². The van der Waals surface area contributed by atoms with Gasteiger partial charge in [-0.05, 0) is 35.9 Å². The zero-order valence-electron chi connectivity index (χ0n) is 8.49. The van der Waals surface area contributed by atoms with Crippen LogP contribution in [0.15, 0.2) is 57.5 Å². The van der Waals surface area contributed by atoms with E-state index < -0.39 is 0 Å². The van der Waals surface area contributed by atoms with Crippen LogP contribution in [-0.2, 0) is 6.61 Å². The molecule has 0 N–H and O–H groups in total. The van der Waals surface area contributed by atoms with Crippen LogP contribution in [0.1, 0.15) is 5.56 Å². The molecule has 82 valence electrons. The van der Waals surface area contributed by atoms with Crippen LogP contribution in [-0.4, -0.2) is 0 Å². The zero-order chi connectivity index (χ0) is 11.4. The van der Waals surface area contributed by atoms with Crippen molar-refractivity contribution in [3.63, 3.8) is 0 Å². The highest BCUT2D eigenvalue weighted by Crippen LogP contribution is 2.19. The van der Waals surface area contributed by atoms with E-state index in [1.807, 2.05) is 42.5 Å². The molecule has 2 aromatic rings. The van der Waals surface area contributed by atoms with Gasteiger partial charge in [0.25, 0.3) is 0 Å². The summed E-state index contributed by atoms with van der Waals surface area (Å²) in [4.78, 5) is 0. The van der Waals surface area contributed by atoms with Gasteiger partial charge in [0.15, 0.2) is 0 Å². The molecular weight excluding hydrogens is 332 g/mol. The van der Waals surface area contributed by atoms with Crippen molar-refractivity contribution in [1.29, 1.82) is 0 Å². The second-order valence-corrected chi connectivity index (χ2v) is 5.21. The molecule has 0 aliphatic carbocycles. The Hall–Kier alpha value is -0.800. The molecule has 3 heteroatoms.